The average molecular weight is 348 g/mol. The molecular weight excluding hydrogens is 324 g/mol. The molecule has 1 amide bonds. The van der Waals surface area contributed by atoms with E-state index in [1.807, 2.05) is 70.2 Å². The monoisotopic (exact) mass is 348 g/mol. The Labute approximate surface area is 153 Å². The molecule has 0 radical (unpaired) electrons. The van der Waals surface area contributed by atoms with E-state index in [1.54, 1.807) is 4.57 Å². The van der Waals surface area contributed by atoms with Gasteiger partial charge < -0.3 is 9.88 Å². The summed E-state index contributed by atoms with van der Waals surface area (Å²) in [5.74, 6) is -0.259. The summed E-state index contributed by atoms with van der Waals surface area (Å²) in [5.41, 5.74) is 4.22. The lowest BCUT2D eigenvalue weighted by Gasteiger charge is -2.15. The van der Waals surface area contributed by atoms with Crippen LogP contribution in [0.2, 0.25) is 0 Å². The molecule has 0 saturated heterocycles. The van der Waals surface area contributed by atoms with Gasteiger partial charge in [0.05, 0.1) is 0 Å². The first kappa shape index (κ1) is 17.9. The summed E-state index contributed by atoms with van der Waals surface area (Å²) in [6.07, 6.45) is 0.779. The van der Waals surface area contributed by atoms with Gasteiger partial charge in [-0.2, -0.15) is 0 Å². The summed E-state index contributed by atoms with van der Waals surface area (Å²) in [6.45, 7) is 8.45. The van der Waals surface area contributed by atoms with Crippen molar-refractivity contribution in [1.29, 1.82) is 0 Å². The second-order valence-corrected chi connectivity index (χ2v) is 6.85. The van der Waals surface area contributed by atoms with Crippen molar-refractivity contribution < 1.29 is 4.79 Å². The van der Waals surface area contributed by atoms with Crippen LogP contribution in [-0.4, -0.2) is 10.5 Å². The van der Waals surface area contributed by atoms with Crippen LogP contribution in [0.25, 0.3) is 10.8 Å². The number of nitrogens with one attached hydrogen (secondary N) is 1. The van der Waals surface area contributed by atoms with Crippen molar-refractivity contribution >= 4 is 22.4 Å². The number of pyridine rings is 1. The SMILES string of the molecule is CCCn1c(C(=O)Nc2ccc(C)cc2C)cc2ccc(C)cc2c1=O. The van der Waals surface area contributed by atoms with Gasteiger partial charge in [-0.05, 0) is 56.3 Å². The number of fused-ring (bicyclic) bond motifs is 1. The van der Waals surface area contributed by atoms with Gasteiger partial charge in [-0.3, -0.25) is 9.59 Å². The Hall–Kier alpha value is -2.88. The molecule has 0 saturated carbocycles. The van der Waals surface area contributed by atoms with Crippen molar-refractivity contribution in [2.45, 2.75) is 40.7 Å². The lowest BCUT2D eigenvalue weighted by atomic mass is 10.1. The predicted molar refractivity (Wildman–Crippen MR) is 107 cm³/mol. The second-order valence-electron chi connectivity index (χ2n) is 6.85. The molecule has 1 N–H and O–H groups in total. The third-order valence-electron chi connectivity index (χ3n) is 4.58. The highest BCUT2D eigenvalue weighted by Crippen LogP contribution is 2.19. The molecule has 0 aliphatic carbocycles. The molecule has 4 heteroatoms. The van der Waals surface area contributed by atoms with Crippen LogP contribution in [0.3, 0.4) is 0 Å². The fraction of sp³-hybridized carbons (Fsp3) is 0.273. The first-order valence-electron chi connectivity index (χ1n) is 8.93. The molecule has 1 aromatic heterocycles. The van der Waals surface area contributed by atoms with Gasteiger partial charge in [0, 0.05) is 17.6 Å². The third-order valence-corrected chi connectivity index (χ3v) is 4.58. The maximum atomic E-state index is 12.9. The molecular formula is C22H24N2O2. The van der Waals surface area contributed by atoms with E-state index in [1.165, 1.54) is 0 Å². The van der Waals surface area contributed by atoms with E-state index >= 15 is 0 Å². The highest BCUT2D eigenvalue weighted by Gasteiger charge is 2.16. The molecule has 2 aromatic carbocycles. The Bertz CT molecular complexity index is 1050. The van der Waals surface area contributed by atoms with E-state index in [4.69, 9.17) is 0 Å². The minimum atomic E-state index is -0.259. The summed E-state index contributed by atoms with van der Waals surface area (Å²) in [6, 6.07) is 13.4. The molecule has 0 spiro atoms. The lowest BCUT2D eigenvalue weighted by molar-refractivity contribution is 0.101. The summed E-state index contributed by atoms with van der Waals surface area (Å²) < 4.78 is 1.58. The molecule has 4 nitrogen and oxygen atoms in total. The number of amides is 1. The second kappa shape index (κ2) is 7.16. The highest BCUT2D eigenvalue weighted by atomic mass is 16.2. The third kappa shape index (κ3) is 3.40. The largest absolute Gasteiger partial charge is 0.320 e. The molecule has 0 aliphatic heterocycles. The maximum absolute atomic E-state index is 12.9. The van der Waals surface area contributed by atoms with Gasteiger partial charge in [0.1, 0.15) is 5.69 Å². The highest BCUT2D eigenvalue weighted by molar-refractivity contribution is 6.05. The van der Waals surface area contributed by atoms with Crippen molar-refractivity contribution in [1.82, 2.24) is 4.57 Å². The molecule has 134 valence electrons. The summed E-state index contributed by atoms with van der Waals surface area (Å²) in [4.78, 5) is 25.9. The lowest BCUT2D eigenvalue weighted by Crippen LogP contribution is -2.29. The van der Waals surface area contributed by atoms with Crippen molar-refractivity contribution in [2.24, 2.45) is 0 Å². The Kier molecular flexibility index (Phi) is 4.94. The standard InChI is InChI=1S/C22H24N2O2/c1-5-10-24-20(13-17-8-6-15(3)12-18(17)22(24)26)21(25)23-19-9-7-14(2)11-16(19)4/h6-9,11-13H,5,10H2,1-4H3,(H,23,25). The Balaban J connectivity index is 2.10. The number of carbonyl (C=O) groups is 1. The summed E-state index contributed by atoms with van der Waals surface area (Å²) in [5, 5.41) is 4.40. The number of aromatic nitrogens is 1. The minimum Gasteiger partial charge on any atom is -0.320 e. The van der Waals surface area contributed by atoms with Crippen LogP contribution in [0.15, 0.2) is 47.3 Å². The van der Waals surface area contributed by atoms with Crippen LogP contribution in [0.5, 0.6) is 0 Å². The predicted octanol–water partition coefficient (Wildman–Crippen LogP) is 4.59. The number of nitrogens with zero attached hydrogens (tertiary/aromatic N) is 1. The van der Waals surface area contributed by atoms with Crippen LogP contribution in [-0.2, 0) is 6.54 Å². The van der Waals surface area contributed by atoms with Crippen molar-refractivity contribution in [3.8, 4) is 0 Å². The van der Waals surface area contributed by atoms with Gasteiger partial charge in [0.2, 0.25) is 0 Å². The van der Waals surface area contributed by atoms with E-state index in [0.29, 0.717) is 17.6 Å². The molecule has 0 atom stereocenters. The van der Waals surface area contributed by atoms with Gasteiger partial charge in [-0.15, -0.1) is 0 Å². The fourth-order valence-corrected chi connectivity index (χ4v) is 3.24. The topological polar surface area (TPSA) is 51.1 Å². The number of hydrogen-bond donors (Lipinski definition) is 1. The van der Waals surface area contributed by atoms with Crippen LogP contribution < -0.4 is 10.9 Å². The smallest absolute Gasteiger partial charge is 0.272 e. The summed E-state index contributed by atoms with van der Waals surface area (Å²) >= 11 is 0. The van der Waals surface area contributed by atoms with Crippen molar-refractivity contribution in [2.75, 3.05) is 5.32 Å². The van der Waals surface area contributed by atoms with Gasteiger partial charge in [0.25, 0.3) is 11.5 Å². The molecule has 0 bridgehead atoms. The minimum absolute atomic E-state index is 0.112. The molecule has 0 aliphatic rings. The van der Waals surface area contributed by atoms with Gasteiger partial charge in [-0.25, -0.2) is 0 Å². The molecule has 3 aromatic rings. The van der Waals surface area contributed by atoms with E-state index in [0.717, 1.165) is 34.2 Å². The number of benzene rings is 2. The van der Waals surface area contributed by atoms with E-state index < -0.39 is 0 Å². The Morgan fingerprint density at radius 2 is 1.69 bits per heavy atom. The molecule has 3 rings (SSSR count). The van der Waals surface area contributed by atoms with Gasteiger partial charge in [0.15, 0.2) is 0 Å². The van der Waals surface area contributed by atoms with Crippen molar-refractivity contribution in [3.05, 3.63) is 75.2 Å². The number of anilines is 1. The van der Waals surface area contributed by atoms with E-state index in [-0.39, 0.29) is 11.5 Å². The number of aryl methyl sites for hydroxylation is 3. The zero-order chi connectivity index (χ0) is 18.8. The van der Waals surface area contributed by atoms with E-state index in [2.05, 4.69) is 5.32 Å². The average Bonchev–Trinajstić information content (AvgIpc) is 2.60. The number of hydrogen-bond acceptors (Lipinski definition) is 2. The quantitative estimate of drug-likeness (QED) is 0.750. The normalized spacial score (nSPS) is 10.9. The Morgan fingerprint density at radius 3 is 2.38 bits per heavy atom. The van der Waals surface area contributed by atoms with Crippen LogP contribution in [0, 0.1) is 20.8 Å². The van der Waals surface area contributed by atoms with Crippen LogP contribution in [0.1, 0.15) is 40.5 Å². The molecule has 1 heterocycles. The first-order chi connectivity index (χ1) is 12.4. The van der Waals surface area contributed by atoms with Gasteiger partial charge in [-0.1, -0.05) is 42.3 Å². The first-order valence-corrected chi connectivity index (χ1v) is 8.93. The maximum Gasteiger partial charge on any atom is 0.272 e. The molecule has 0 unspecified atom stereocenters. The van der Waals surface area contributed by atoms with Crippen LogP contribution in [0.4, 0.5) is 5.69 Å². The molecule has 0 fully saturated rings. The summed E-state index contributed by atoms with van der Waals surface area (Å²) in [7, 11) is 0. The Morgan fingerprint density at radius 1 is 1.00 bits per heavy atom. The zero-order valence-electron chi connectivity index (χ0n) is 15.7. The number of rotatable bonds is 4. The van der Waals surface area contributed by atoms with Crippen molar-refractivity contribution in [3.63, 3.8) is 0 Å². The fourth-order valence-electron chi connectivity index (χ4n) is 3.24. The molecule has 26 heavy (non-hydrogen) atoms. The van der Waals surface area contributed by atoms with Gasteiger partial charge >= 0.3 is 0 Å². The van der Waals surface area contributed by atoms with E-state index in [9.17, 15) is 9.59 Å². The van der Waals surface area contributed by atoms with Crippen LogP contribution >= 0.6 is 0 Å². The number of carbonyl (C=O) groups excluding carboxylic acids is 1. The zero-order valence-corrected chi connectivity index (χ0v) is 15.7.